The molecule has 0 radical (unpaired) electrons. The molecule has 0 aromatic heterocycles. The number of hydrogen-bond acceptors (Lipinski definition) is 3. The lowest BCUT2D eigenvalue weighted by Crippen LogP contribution is -2.63. The first-order valence-corrected chi connectivity index (χ1v) is 9.50. The molecule has 1 unspecified atom stereocenters. The maximum absolute atomic E-state index is 3.85. The van der Waals surface area contributed by atoms with Gasteiger partial charge in [-0.25, -0.2) is 0 Å². The zero-order valence-electron chi connectivity index (χ0n) is 13.1. The second-order valence-corrected chi connectivity index (χ2v) is 7.98. The standard InChI is InChI=1S/C16H32N2S/c1-16(2)13-17-15(14-8-5-4-6-9-14)12-18(16)10-7-11-19-3/h14-15,17H,4-13H2,1-3H3. The predicted octanol–water partition coefficient (Wildman–Crippen LogP) is 3.37. The van der Waals surface area contributed by atoms with Crippen LogP contribution in [0.25, 0.3) is 0 Å². The van der Waals surface area contributed by atoms with Gasteiger partial charge in [-0.3, -0.25) is 4.90 Å². The molecular weight excluding hydrogens is 252 g/mol. The highest BCUT2D eigenvalue weighted by Crippen LogP contribution is 2.30. The summed E-state index contributed by atoms with van der Waals surface area (Å²) in [7, 11) is 0. The summed E-state index contributed by atoms with van der Waals surface area (Å²) >= 11 is 1.98. The molecule has 112 valence electrons. The van der Waals surface area contributed by atoms with Crippen LogP contribution in [0, 0.1) is 5.92 Å². The minimum atomic E-state index is 0.337. The van der Waals surface area contributed by atoms with Crippen molar-refractivity contribution >= 4 is 11.8 Å². The molecule has 3 heteroatoms. The van der Waals surface area contributed by atoms with Gasteiger partial charge in [0.05, 0.1) is 0 Å². The zero-order chi connectivity index (χ0) is 13.7. The first kappa shape index (κ1) is 15.7. The van der Waals surface area contributed by atoms with E-state index in [0.717, 1.165) is 18.5 Å². The van der Waals surface area contributed by atoms with Crippen molar-refractivity contribution in [3.63, 3.8) is 0 Å². The lowest BCUT2D eigenvalue weighted by atomic mass is 9.81. The van der Waals surface area contributed by atoms with E-state index in [4.69, 9.17) is 0 Å². The van der Waals surface area contributed by atoms with Gasteiger partial charge in [0.2, 0.25) is 0 Å². The van der Waals surface area contributed by atoms with E-state index in [0.29, 0.717) is 5.54 Å². The van der Waals surface area contributed by atoms with Crippen LogP contribution in [0.4, 0.5) is 0 Å². The largest absolute Gasteiger partial charge is 0.311 e. The van der Waals surface area contributed by atoms with Crippen LogP contribution < -0.4 is 5.32 Å². The molecule has 1 atom stereocenters. The van der Waals surface area contributed by atoms with Crippen molar-refractivity contribution in [1.82, 2.24) is 10.2 Å². The van der Waals surface area contributed by atoms with E-state index in [1.54, 1.807) is 0 Å². The maximum Gasteiger partial charge on any atom is 0.0278 e. The van der Waals surface area contributed by atoms with Crippen LogP contribution in [0.15, 0.2) is 0 Å². The quantitative estimate of drug-likeness (QED) is 0.779. The van der Waals surface area contributed by atoms with Gasteiger partial charge in [-0.2, -0.15) is 11.8 Å². The van der Waals surface area contributed by atoms with E-state index >= 15 is 0 Å². The van der Waals surface area contributed by atoms with Crippen molar-refractivity contribution in [3.05, 3.63) is 0 Å². The Hall–Kier alpha value is 0.270. The van der Waals surface area contributed by atoms with Gasteiger partial charge >= 0.3 is 0 Å². The Balaban J connectivity index is 1.87. The van der Waals surface area contributed by atoms with E-state index in [1.165, 1.54) is 57.4 Å². The maximum atomic E-state index is 3.85. The average molecular weight is 285 g/mol. The van der Waals surface area contributed by atoms with Crippen molar-refractivity contribution in [1.29, 1.82) is 0 Å². The molecule has 0 bridgehead atoms. The minimum Gasteiger partial charge on any atom is -0.311 e. The second-order valence-electron chi connectivity index (χ2n) is 6.99. The Morgan fingerprint density at radius 3 is 2.63 bits per heavy atom. The van der Waals surface area contributed by atoms with E-state index in [1.807, 2.05) is 11.8 Å². The molecule has 2 aliphatic rings. The van der Waals surface area contributed by atoms with Gasteiger partial charge in [-0.15, -0.1) is 0 Å². The Morgan fingerprint density at radius 1 is 1.21 bits per heavy atom. The number of nitrogens with zero attached hydrogens (tertiary/aromatic N) is 1. The minimum absolute atomic E-state index is 0.337. The smallest absolute Gasteiger partial charge is 0.0278 e. The third kappa shape index (κ3) is 4.37. The van der Waals surface area contributed by atoms with E-state index in [-0.39, 0.29) is 0 Å². The van der Waals surface area contributed by atoms with Gasteiger partial charge in [0, 0.05) is 24.7 Å². The fourth-order valence-electron chi connectivity index (χ4n) is 3.69. The summed E-state index contributed by atoms with van der Waals surface area (Å²) in [4.78, 5) is 2.75. The van der Waals surface area contributed by atoms with Crippen LogP contribution in [0.2, 0.25) is 0 Å². The third-order valence-electron chi connectivity index (χ3n) is 5.07. The van der Waals surface area contributed by atoms with E-state index in [2.05, 4.69) is 30.3 Å². The van der Waals surface area contributed by atoms with Crippen LogP contribution in [-0.2, 0) is 0 Å². The van der Waals surface area contributed by atoms with Crippen molar-refractivity contribution < 1.29 is 0 Å². The molecule has 19 heavy (non-hydrogen) atoms. The van der Waals surface area contributed by atoms with Crippen molar-refractivity contribution in [3.8, 4) is 0 Å². The highest BCUT2D eigenvalue weighted by atomic mass is 32.2. The number of hydrogen-bond donors (Lipinski definition) is 1. The van der Waals surface area contributed by atoms with Gasteiger partial charge < -0.3 is 5.32 Å². The molecular formula is C16H32N2S. The molecule has 2 nitrogen and oxygen atoms in total. The molecule has 0 amide bonds. The molecule has 2 fully saturated rings. The van der Waals surface area contributed by atoms with Crippen LogP contribution in [0.5, 0.6) is 0 Å². The van der Waals surface area contributed by atoms with E-state index in [9.17, 15) is 0 Å². The Kier molecular flexibility index (Phi) is 6.04. The molecule has 2 rings (SSSR count). The summed E-state index contributed by atoms with van der Waals surface area (Å²) in [6.45, 7) is 8.50. The second kappa shape index (κ2) is 7.33. The normalized spacial score (nSPS) is 29.5. The topological polar surface area (TPSA) is 15.3 Å². The third-order valence-corrected chi connectivity index (χ3v) is 5.76. The molecule has 1 heterocycles. The molecule has 1 N–H and O–H groups in total. The highest BCUT2D eigenvalue weighted by molar-refractivity contribution is 7.98. The molecule has 1 aliphatic carbocycles. The molecule has 0 aromatic rings. The Morgan fingerprint density at radius 2 is 1.95 bits per heavy atom. The van der Waals surface area contributed by atoms with Crippen molar-refractivity contribution in [2.45, 2.75) is 64.0 Å². The highest BCUT2D eigenvalue weighted by Gasteiger charge is 2.36. The van der Waals surface area contributed by atoms with Crippen molar-refractivity contribution in [2.24, 2.45) is 5.92 Å². The molecule has 1 saturated heterocycles. The fourth-order valence-corrected chi connectivity index (χ4v) is 4.11. The van der Waals surface area contributed by atoms with Gasteiger partial charge in [0.1, 0.15) is 0 Å². The zero-order valence-corrected chi connectivity index (χ0v) is 13.9. The summed E-state index contributed by atoms with van der Waals surface area (Å²) in [5.41, 5.74) is 0.337. The molecule has 1 saturated carbocycles. The summed E-state index contributed by atoms with van der Waals surface area (Å²) in [5, 5.41) is 3.85. The molecule has 0 spiro atoms. The summed E-state index contributed by atoms with van der Waals surface area (Å²) in [6, 6.07) is 0.752. The fraction of sp³-hybridized carbons (Fsp3) is 1.00. The first-order valence-electron chi connectivity index (χ1n) is 8.11. The predicted molar refractivity (Wildman–Crippen MR) is 87.0 cm³/mol. The van der Waals surface area contributed by atoms with Crippen molar-refractivity contribution in [2.75, 3.05) is 31.6 Å². The molecule has 0 aromatic carbocycles. The number of rotatable bonds is 5. The van der Waals surface area contributed by atoms with Crippen LogP contribution in [0.3, 0.4) is 0 Å². The Bertz CT molecular complexity index is 261. The van der Waals surface area contributed by atoms with Crippen LogP contribution in [-0.4, -0.2) is 48.1 Å². The monoisotopic (exact) mass is 284 g/mol. The SMILES string of the molecule is CSCCCN1CC(C2CCCCC2)NCC1(C)C. The van der Waals surface area contributed by atoms with Gasteiger partial charge in [0.15, 0.2) is 0 Å². The Labute approximate surface area is 124 Å². The average Bonchev–Trinajstić information content (AvgIpc) is 2.42. The van der Waals surface area contributed by atoms with Gasteiger partial charge in [-0.1, -0.05) is 19.3 Å². The van der Waals surface area contributed by atoms with Crippen LogP contribution >= 0.6 is 11.8 Å². The van der Waals surface area contributed by atoms with E-state index < -0.39 is 0 Å². The lowest BCUT2D eigenvalue weighted by molar-refractivity contribution is 0.0445. The van der Waals surface area contributed by atoms with Gasteiger partial charge in [-0.05, 0) is 57.6 Å². The number of piperazine rings is 1. The summed E-state index contributed by atoms with van der Waals surface area (Å²) < 4.78 is 0. The summed E-state index contributed by atoms with van der Waals surface area (Å²) in [5.74, 6) is 2.24. The first-order chi connectivity index (χ1) is 9.13. The number of nitrogens with one attached hydrogen (secondary N) is 1. The summed E-state index contributed by atoms with van der Waals surface area (Å²) in [6.07, 6.45) is 10.8. The lowest BCUT2D eigenvalue weighted by Gasteiger charge is -2.48. The number of thioether (sulfide) groups is 1. The molecule has 1 aliphatic heterocycles. The van der Waals surface area contributed by atoms with Gasteiger partial charge in [0.25, 0.3) is 0 Å². The van der Waals surface area contributed by atoms with Crippen LogP contribution in [0.1, 0.15) is 52.4 Å².